The van der Waals surface area contributed by atoms with Crippen LogP contribution in [-0.2, 0) is 20.7 Å². The fourth-order valence-corrected chi connectivity index (χ4v) is 4.77. The van der Waals surface area contributed by atoms with Crippen LogP contribution in [0.3, 0.4) is 0 Å². The Morgan fingerprint density at radius 1 is 0.829 bits per heavy atom. The van der Waals surface area contributed by atoms with Gasteiger partial charge in [-0.2, -0.15) is 0 Å². The van der Waals surface area contributed by atoms with E-state index < -0.39 is 29.7 Å². The number of ether oxygens (including phenoxy) is 1. The number of nitrogens with one attached hydrogen (secondary N) is 2. The number of alkyl carbamates (subject to hydrolysis) is 1. The number of anilines is 1. The highest BCUT2D eigenvalue weighted by Gasteiger charge is 2.35. The van der Waals surface area contributed by atoms with Crippen LogP contribution < -0.4 is 10.6 Å². The topological polar surface area (TPSA) is 87.7 Å². The van der Waals surface area contributed by atoms with E-state index in [1.54, 1.807) is 27.8 Å². The summed E-state index contributed by atoms with van der Waals surface area (Å²) in [6.45, 7) is 7.19. The second-order valence-electron chi connectivity index (χ2n) is 11.1. The van der Waals surface area contributed by atoms with Gasteiger partial charge in [0.2, 0.25) is 5.91 Å². The largest absolute Gasteiger partial charge is 0.444 e. The Bertz CT molecular complexity index is 1530. The predicted molar refractivity (Wildman–Crippen MR) is 163 cm³/mol. The minimum Gasteiger partial charge on any atom is -0.444 e. The lowest BCUT2D eigenvalue weighted by Crippen LogP contribution is -2.52. The number of carbonyl (C=O) groups is 3. The molecule has 7 nitrogen and oxygen atoms in total. The molecule has 0 spiro atoms. The zero-order valence-corrected chi connectivity index (χ0v) is 24.2. The number of aryl methyl sites for hydroxylation is 1. The minimum absolute atomic E-state index is 0.232. The molecule has 7 heteroatoms. The Balaban J connectivity index is 1.66. The van der Waals surface area contributed by atoms with Gasteiger partial charge in [0, 0.05) is 19.2 Å². The van der Waals surface area contributed by atoms with Crippen LogP contribution in [0.1, 0.15) is 43.5 Å². The predicted octanol–water partition coefficient (Wildman–Crippen LogP) is 6.42. The van der Waals surface area contributed by atoms with Gasteiger partial charge in [-0.15, -0.1) is 0 Å². The minimum atomic E-state index is -0.961. The van der Waals surface area contributed by atoms with Crippen molar-refractivity contribution in [2.75, 3.05) is 12.4 Å². The Hall–Kier alpha value is -4.65. The number of hydrogen-bond donors (Lipinski definition) is 2. The van der Waals surface area contributed by atoms with Gasteiger partial charge < -0.3 is 20.3 Å². The van der Waals surface area contributed by atoms with Crippen molar-refractivity contribution < 1.29 is 19.1 Å². The Labute approximate surface area is 241 Å². The lowest BCUT2D eigenvalue weighted by Gasteiger charge is -2.32. The van der Waals surface area contributed by atoms with Gasteiger partial charge in [-0.3, -0.25) is 9.59 Å². The first-order chi connectivity index (χ1) is 19.5. The summed E-state index contributed by atoms with van der Waals surface area (Å²) >= 11 is 0. The summed E-state index contributed by atoms with van der Waals surface area (Å²) in [6.07, 6.45) is -0.469. The van der Waals surface area contributed by atoms with Crippen LogP contribution in [0.15, 0.2) is 97.1 Å². The highest BCUT2D eigenvalue weighted by molar-refractivity contribution is 6.00. The standard InChI is InChI=1S/C34H37N3O4/c1-23-13-9-12-18-28(23)30(31(38)35-27-20-19-25-16-10-11-17-26(25)22-27)37(5)32(39)29(21-24-14-7-6-8-15-24)36-33(40)41-34(2,3)4/h6-20,22,29-30H,21H2,1-5H3,(H,35,38)(H,36,40). The molecule has 0 fully saturated rings. The Kier molecular flexibility index (Phi) is 9.07. The summed E-state index contributed by atoms with van der Waals surface area (Å²) in [6, 6.07) is 28.6. The van der Waals surface area contributed by atoms with Gasteiger partial charge in [0.15, 0.2) is 0 Å². The molecule has 0 saturated carbocycles. The first-order valence-electron chi connectivity index (χ1n) is 13.7. The van der Waals surface area contributed by atoms with Crippen LogP contribution in [0.25, 0.3) is 10.8 Å². The number of carbonyl (C=O) groups excluding carboxylic acids is 3. The first kappa shape index (κ1) is 29.3. The molecular weight excluding hydrogens is 514 g/mol. The van der Waals surface area contributed by atoms with Crippen LogP contribution >= 0.6 is 0 Å². The molecule has 0 radical (unpaired) electrons. The van der Waals surface area contributed by atoms with Crippen LogP contribution in [0.5, 0.6) is 0 Å². The summed E-state index contributed by atoms with van der Waals surface area (Å²) < 4.78 is 5.46. The maximum Gasteiger partial charge on any atom is 0.408 e. The third-order valence-electron chi connectivity index (χ3n) is 6.76. The van der Waals surface area contributed by atoms with E-state index in [2.05, 4.69) is 10.6 Å². The van der Waals surface area contributed by atoms with Crippen LogP contribution in [0, 0.1) is 6.92 Å². The van der Waals surface area contributed by atoms with E-state index in [1.165, 1.54) is 4.90 Å². The average molecular weight is 552 g/mol. The van der Waals surface area contributed by atoms with Crippen molar-refractivity contribution in [2.45, 2.75) is 51.8 Å². The molecule has 0 aromatic heterocycles. The van der Waals surface area contributed by atoms with Gasteiger partial charge in [0.1, 0.15) is 17.7 Å². The zero-order chi connectivity index (χ0) is 29.6. The maximum atomic E-state index is 14.1. The fourth-order valence-electron chi connectivity index (χ4n) is 4.77. The van der Waals surface area contributed by atoms with Gasteiger partial charge in [-0.25, -0.2) is 4.79 Å². The quantitative estimate of drug-likeness (QED) is 0.264. The van der Waals surface area contributed by atoms with Gasteiger partial charge >= 0.3 is 6.09 Å². The van der Waals surface area contributed by atoms with Crippen molar-refractivity contribution in [2.24, 2.45) is 0 Å². The molecule has 0 aliphatic carbocycles. The molecule has 0 bridgehead atoms. The van der Waals surface area contributed by atoms with E-state index in [1.807, 2.05) is 104 Å². The van der Waals surface area contributed by atoms with Crippen molar-refractivity contribution in [3.8, 4) is 0 Å². The number of likely N-dealkylation sites (N-methyl/N-ethyl adjacent to an activating group) is 1. The SMILES string of the molecule is Cc1ccccc1C(C(=O)Nc1ccc2ccccc2c1)N(C)C(=O)C(Cc1ccccc1)NC(=O)OC(C)(C)C. The van der Waals surface area contributed by atoms with Crippen molar-refractivity contribution in [1.82, 2.24) is 10.2 Å². The summed E-state index contributed by atoms with van der Waals surface area (Å²) in [7, 11) is 1.59. The number of amides is 3. The Morgan fingerprint density at radius 2 is 1.46 bits per heavy atom. The Morgan fingerprint density at radius 3 is 2.15 bits per heavy atom. The fraction of sp³-hybridized carbons (Fsp3) is 0.265. The molecule has 2 N–H and O–H groups in total. The summed E-state index contributed by atoms with van der Waals surface area (Å²) in [5.74, 6) is -0.775. The lowest BCUT2D eigenvalue weighted by atomic mass is 9.97. The molecule has 41 heavy (non-hydrogen) atoms. The first-order valence-corrected chi connectivity index (χ1v) is 13.7. The van der Waals surface area contributed by atoms with Gasteiger partial charge in [0.05, 0.1) is 0 Å². The molecule has 2 atom stereocenters. The van der Waals surface area contributed by atoms with E-state index in [4.69, 9.17) is 4.74 Å². The highest BCUT2D eigenvalue weighted by Crippen LogP contribution is 2.27. The molecule has 4 aromatic rings. The highest BCUT2D eigenvalue weighted by atomic mass is 16.6. The van der Waals surface area contributed by atoms with Crippen molar-refractivity contribution in [1.29, 1.82) is 0 Å². The van der Waals surface area contributed by atoms with E-state index in [0.717, 1.165) is 21.9 Å². The normalized spacial score (nSPS) is 12.7. The van der Waals surface area contributed by atoms with Gasteiger partial charge in [0.25, 0.3) is 5.91 Å². The van der Waals surface area contributed by atoms with E-state index >= 15 is 0 Å². The summed E-state index contributed by atoms with van der Waals surface area (Å²) in [5, 5.41) is 7.81. The van der Waals surface area contributed by atoms with Crippen molar-refractivity contribution >= 4 is 34.4 Å². The van der Waals surface area contributed by atoms with Crippen LogP contribution in [-0.4, -0.2) is 41.5 Å². The average Bonchev–Trinajstić information content (AvgIpc) is 2.93. The number of benzene rings is 4. The maximum absolute atomic E-state index is 14.1. The number of fused-ring (bicyclic) bond motifs is 1. The molecule has 0 aliphatic heterocycles. The molecule has 4 aromatic carbocycles. The molecule has 3 amide bonds. The molecule has 212 valence electrons. The smallest absolute Gasteiger partial charge is 0.408 e. The number of rotatable bonds is 8. The molecule has 2 unspecified atom stereocenters. The van der Waals surface area contributed by atoms with Crippen molar-refractivity contribution in [3.63, 3.8) is 0 Å². The molecular formula is C34H37N3O4. The third kappa shape index (κ3) is 7.72. The second kappa shape index (κ2) is 12.7. The van der Waals surface area contributed by atoms with E-state index in [0.29, 0.717) is 11.3 Å². The summed E-state index contributed by atoms with van der Waals surface area (Å²) in [4.78, 5) is 42.2. The van der Waals surface area contributed by atoms with Gasteiger partial charge in [-0.05, 0) is 67.3 Å². The van der Waals surface area contributed by atoms with E-state index in [-0.39, 0.29) is 12.3 Å². The lowest BCUT2D eigenvalue weighted by molar-refractivity contribution is -0.139. The third-order valence-corrected chi connectivity index (χ3v) is 6.76. The molecule has 0 aliphatic rings. The monoisotopic (exact) mass is 551 g/mol. The van der Waals surface area contributed by atoms with Crippen LogP contribution in [0.4, 0.5) is 10.5 Å². The zero-order valence-electron chi connectivity index (χ0n) is 24.2. The molecule has 4 rings (SSSR count). The van der Waals surface area contributed by atoms with Gasteiger partial charge in [-0.1, -0.05) is 84.9 Å². The van der Waals surface area contributed by atoms with E-state index in [9.17, 15) is 14.4 Å². The molecule has 0 heterocycles. The number of hydrogen-bond acceptors (Lipinski definition) is 4. The van der Waals surface area contributed by atoms with Crippen molar-refractivity contribution in [3.05, 3.63) is 114 Å². The van der Waals surface area contributed by atoms with Crippen LogP contribution in [0.2, 0.25) is 0 Å². The second-order valence-corrected chi connectivity index (χ2v) is 11.1. The molecule has 0 saturated heterocycles. The summed E-state index contributed by atoms with van der Waals surface area (Å²) in [5.41, 5.74) is 2.31. The number of nitrogens with zero attached hydrogens (tertiary/aromatic N) is 1.